The first-order valence-electron chi connectivity index (χ1n) is 8.33. The molecule has 0 spiro atoms. The average molecular weight is 337 g/mol. The molecule has 2 aromatic heterocycles. The summed E-state index contributed by atoms with van der Waals surface area (Å²) in [5.74, 6) is -0.211. The van der Waals surface area contributed by atoms with Crippen molar-refractivity contribution in [3.8, 4) is 0 Å². The second kappa shape index (κ2) is 6.64. The van der Waals surface area contributed by atoms with Crippen molar-refractivity contribution >= 4 is 17.1 Å². The Hall–Kier alpha value is -2.73. The number of aromatic nitrogens is 3. The molecule has 0 amide bonds. The van der Waals surface area contributed by atoms with Crippen LogP contribution >= 0.6 is 0 Å². The van der Waals surface area contributed by atoms with Gasteiger partial charge in [-0.25, -0.2) is 14.8 Å². The van der Waals surface area contributed by atoms with Crippen molar-refractivity contribution in [2.45, 2.75) is 12.5 Å². The quantitative estimate of drug-likeness (QED) is 0.685. The maximum absolute atomic E-state index is 12.4. The monoisotopic (exact) mass is 337 g/mol. The van der Waals surface area contributed by atoms with E-state index < -0.39 is 0 Å². The van der Waals surface area contributed by atoms with Crippen molar-refractivity contribution in [2.75, 3.05) is 13.2 Å². The highest BCUT2D eigenvalue weighted by atomic mass is 16.5. The zero-order chi connectivity index (χ0) is 17.2. The van der Waals surface area contributed by atoms with Gasteiger partial charge in [-0.15, -0.1) is 0 Å². The SMILES string of the molecule is Cn1cnc2cc(C(=O)OC[C@H]3CCO[C@H]3c3ccccc3)cnc21. The van der Waals surface area contributed by atoms with Gasteiger partial charge in [0.1, 0.15) is 5.52 Å². The highest BCUT2D eigenvalue weighted by Crippen LogP contribution is 2.34. The summed E-state index contributed by atoms with van der Waals surface area (Å²) in [4.78, 5) is 20.9. The minimum atomic E-state index is -0.376. The van der Waals surface area contributed by atoms with Crippen LogP contribution in [0.15, 0.2) is 48.9 Å². The fraction of sp³-hybridized carbons (Fsp3) is 0.316. The van der Waals surface area contributed by atoms with Gasteiger partial charge in [0.25, 0.3) is 0 Å². The van der Waals surface area contributed by atoms with Crippen LogP contribution in [0.3, 0.4) is 0 Å². The van der Waals surface area contributed by atoms with E-state index in [2.05, 4.69) is 9.97 Å². The summed E-state index contributed by atoms with van der Waals surface area (Å²) >= 11 is 0. The van der Waals surface area contributed by atoms with Gasteiger partial charge in [-0.1, -0.05) is 30.3 Å². The van der Waals surface area contributed by atoms with E-state index in [-0.39, 0.29) is 18.0 Å². The van der Waals surface area contributed by atoms with Crippen LogP contribution in [0.1, 0.15) is 28.4 Å². The van der Waals surface area contributed by atoms with Crippen molar-refractivity contribution in [3.05, 3.63) is 60.0 Å². The van der Waals surface area contributed by atoms with Crippen LogP contribution in [-0.4, -0.2) is 33.7 Å². The predicted octanol–water partition coefficient (Wildman–Crippen LogP) is 2.90. The Morgan fingerprint density at radius 3 is 3.00 bits per heavy atom. The molecule has 6 nitrogen and oxygen atoms in total. The predicted molar refractivity (Wildman–Crippen MR) is 92.0 cm³/mol. The molecule has 4 rings (SSSR count). The lowest BCUT2D eigenvalue weighted by atomic mass is 9.96. The van der Waals surface area contributed by atoms with Crippen LogP contribution in [0.5, 0.6) is 0 Å². The lowest BCUT2D eigenvalue weighted by Gasteiger charge is -2.18. The molecule has 0 N–H and O–H groups in total. The van der Waals surface area contributed by atoms with Crippen LogP contribution in [0.4, 0.5) is 0 Å². The van der Waals surface area contributed by atoms with E-state index in [4.69, 9.17) is 9.47 Å². The molecule has 1 saturated heterocycles. The van der Waals surface area contributed by atoms with E-state index in [0.717, 1.165) is 17.6 Å². The Bertz CT molecular complexity index is 891. The maximum Gasteiger partial charge on any atom is 0.339 e. The number of hydrogen-bond donors (Lipinski definition) is 0. The summed E-state index contributed by atoms with van der Waals surface area (Å²) in [5, 5.41) is 0. The minimum Gasteiger partial charge on any atom is -0.462 e. The number of benzene rings is 1. The van der Waals surface area contributed by atoms with Crippen molar-refractivity contribution < 1.29 is 14.3 Å². The molecule has 128 valence electrons. The van der Waals surface area contributed by atoms with Gasteiger partial charge >= 0.3 is 5.97 Å². The highest BCUT2D eigenvalue weighted by Gasteiger charge is 2.30. The molecule has 6 heteroatoms. The first kappa shape index (κ1) is 15.8. The molecule has 2 atom stereocenters. The highest BCUT2D eigenvalue weighted by molar-refractivity contribution is 5.92. The summed E-state index contributed by atoms with van der Waals surface area (Å²) in [5.41, 5.74) is 2.96. The Morgan fingerprint density at radius 1 is 1.32 bits per heavy atom. The van der Waals surface area contributed by atoms with E-state index in [1.54, 1.807) is 12.4 Å². The second-order valence-electron chi connectivity index (χ2n) is 6.27. The van der Waals surface area contributed by atoms with Crippen molar-refractivity contribution in [2.24, 2.45) is 13.0 Å². The van der Waals surface area contributed by atoms with Crippen LogP contribution in [0.25, 0.3) is 11.2 Å². The number of carbonyl (C=O) groups is 1. The van der Waals surface area contributed by atoms with Gasteiger partial charge in [-0.3, -0.25) is 0 Å². The number of nitrogens with zero attached hydrogens (tertiary/aromatic N) is 3. The van der Waals surface area contributed by atoms with Crippen LogP contribution in [0, 0.1) is 5.92 Å². The Balaban J connectivity index is 1.43. The fourth-order valence-electron chi connectivity index (χ4n) is 3.21. The van der Waals surface area contributed by atoms with Gasteiger partial charge in [-0.05, 0) is 18.1 Å². The van der Waals surface area contributed by atoms with E-state index in [9.17, 15) is 4.79 Å². The molecule has 3 aromatic rings. The van der Waals surface area contributed by atoms with E-state index in [1.807, 2.05) is 41.9 Å². The molecule has 1 aliphatic rings. The Morgan fingerprint density at radius 2 is 2.16 bits per heavy atom. The smallest absolute Gasteiger partial charge is 0.339 e. The minimum absolute atomic E-state index is 0.0228. The molecular formula is C19H19N3O3. The van der Waals surface area contributed by atoms with Crippen molar-refractivity contribution in [1.82, 2.24) is 14.5 Å². The van der Waals surface area contributed by atoms with E-state index in [1.165, 1.54) is 6.20 Å². The van der Waals surface area contributed by atoms with Gasteiger partial charge in [-0.2, -0.15) is 0 Å². The number of aryl methyl sites for hydroxylation is 1. The molecule has 1 aromatic carbocycles. The van der Waals surface area contributed by atoms with Gasteiger partial charge in [0.2, 0.25) is 0 Å². The zero-order valence-corrected chi connectivity index (χ0v) is 14.0. The normalized spacial score (nSPS) is 20.0. The van der Waals surface area contributed by atoms with E-state index in [0.29, 0.717) is 24.3 Å². The molecule has 0 radical (unpaired) electrons. The van der Waals surface area contributed by atoms with Gasteiger partial charge in [0.05, 0.1) is 24.6 Å². The summed E-state index contributed by atoms with van der Waals surface area (Å²) in [6.45, 7) is 1.02. The zero-order valence-electron chi connectivity index (χ0n) is 14.0. The number of rotatable bonds is 4. The molecule has 3 heterocycles. The molecule has 25 heavy (non-hydrogen) atoms. The summed E-state index contributed by atoms with van der Waals surface area (Å²) in [7, 11) is 1.87. The number of carbonyl (C=O) groups excluding carboxylic acids is 1. The standard InChI is InChI=1S/C19H19N3O3/c1-22-12-21-16-9-15(10-20-18(16)22)19(23)25-11-14-7-8-24-17(14)13-5-3-2-4-6-13/h2-6,9-10,12,14,17H,7-8,11H2,1H3/t14-,17+/m1/s1. The lowest BCUT2D eigenvalue weighted by Crippen LogP contribution is -2.17. The molecule has 1 aliphatic heterocycles. The van der Waals surface area contributed by atoms with Crippen molar-refractivity contribution in [1.29, 1.82) is 0 Å². The number of esters is 1. The Labute approximate surface area is 145 Å². The van der Waals surface area contributed by atoms with Crippen LogP contribution < -0.4 is 0 Å². The Kier molecular flexibility index (Phi) is 4.19. The third kappa shape index (κ3) is 3.13. The summed E-state index contributed by atoms with van der Waals surface area (Å²) in [6.07, 6.45) is 4.06. The number of pyridine rings is 1. The van der Waals surface area contributed by atoms with Gasteiger partial charge in [0.15, 0.2) is 5.65 Å². The molecule has 1 fully saturated rings. The lowest BCUT2D eigenvalue weighted by molar-refractivity contribution is 0.0306. The number of fused-ring (bicyclic) bond motifs is 1. The summed E-state index contributed by atoms with van der Waals surface area (Å²) < 4.78 is 13.2. The maximum atomic E-state index is 12.4. The number of ether oxygens (including phenoxy) is 2. The van der Waals surface area contributed by atoms with Crippen LogP contribution in [0.2, 0.25) is 0 Å². The van der Waals surface area contributed by atoms with Crippen LogP contribution in [-0.2, 0) is 16.5 Å². The molecule has 0 saturated carbocycles. The third-order valence-electron chi connectivity index (χ3n) is 4.56. The van der Waals surface area contributed by atoms with Gasteiger partial charge < -0.3 is 14.0 Å². The third-order valence-corrected chi connectivity index (χ3v) is 4.56. The fourth-order valence-corrected chi connectivity index (χ4v) is 3.21. The molecule has 0 bridgehead atoms. The number of hydrogen-bond acceptors (Lipinski definition) is 5. The topological polar surface area (TPSA) is 66.2 Å². The average Bonchev–Trinajstić information content (AvgIpc) is 3.27. The largest absolute Gasteiger partial charge is 0.462 e. The molecule has 0 unspecified atom stereocenters. The molecular weight excluding hydrogens is 318 g/mol. The van der Waals surface area contributed by atoms with Gasteiger partial charge in [0, 0.05) is 25.8 Å². The first-order chi connectivity index (χ1) is 12.2. The second-order valence-corrected chi connectivity index (χ2v) is 6.27. The van der Waals surface area contributed by atoms with E-state index >= 15 is 0 Å². The first-order valence-corrected chi connectivity index (χ1v) is 8.33. The summed E-state index contributed by atoms with van der Waals surface area (Å²) in [6, 6.07) is 11.8. The number of imidazole rings is 1. The van der Waals surface area contributed by atoms with Crippen molar-refractivity contribution in [3.63, 3.8) is 0 Å². The molecule has 0 aliphatic carbocycles.